The molecule has 1 aliphatic carbocycles. The summed E-state index contributed by atoms with van der Waals surface area (Å²) in [7, 11) is 1.48. The molecule has 1 heterocycles. The quantitative estimate of drug-likeness (QED) is 0.569. The Morgan fingerprint density at radius 2 is 1.75 bits per heavy atom. The Hall–Kier alpha value is -3.72. The number of nitrogens with one attached hydrogen (secondary N) is 1. The number of fused-ring (bicyclic) bond motifs is 3. The summed E-state index contributed by atoms with van der Waals surface area (Å²) in [6.45, 7) is 0.0656. The van der Waals surface area contributed by atoms with Crippen molar-refractivity contribution in [2.24, 2.45) is 0 Å². The van der Waals surface area contributed by atoms with E-state index in [1.807, 2.05) is 48.5 Å². The lowest BCUT2D eigenvalue weighted by Gasteiger charge is -2.22. The highest BCUT2D eigenvalue weighted by molar-refractivity contribution is 7.13. The second-order valence-corrected chi connectivity index (χ2v) is 8.21. The Labute approximate surface area is 188 Å². The summed E-state index contributed by atoms with van der Waals surface area (Å²) in [4.78, 5) is 41.8. The highest BCUT2D eigenvalue weighted by Gasteiger charge is 2.31. The molecule has 1 atom stereocenters. The van der Waals surface area contributed by atoms with Crippen molar-refractivity contribution in [2.75, 3.05) is 18.6 Å². The van der Waals surface area contributed by atoms with Crippen molar-refractivity contribution in [2.45, 2.75) is 18.4 Å². The van der Waals surface area contributed by atoms with E-state index in [-0.39, 0.29) is 12.5 Å². The zero-order valence-corrected chi connectivity index (χ0v) is 18.0. The van der Waals surface area contributed by atoms with Crippen LogP contribution in [0.25, 0.3) is 11.1 Å². The summed E-state index contributed by atoms with van der Waals surface area (Å²) in [6, 6.07) is 14.6. The van der Waals surface area contributed by atoms with Crippen LogP contribution in [0.4, 0.5) is 9.93 Å². The van der Waals surface area contributed by atoms with Gasteiger partial charge in [0.05, 0.1) is 6.42 Å². The lowest BCUT2D eigenvalue weighted by atomic mass is 9.98. The van der Waals surface area contributed by atoms with Gasteiger partial charge in [-0.3, -0.25) is 14.5 Å². The van der Waals surface area contributed by atoms with Crippen molar-refractivity contribution in [1.29, 1.82) is 0 Å². The van der Waals surface area contributed by atoms with E-state index in [0.717, 1.165) is 22.3 Å². The van der Waals surface area contributed by atoms with Crippen LogP contribution in [0.5, 0.6) is 0 Å². The molecule has 3 aromatic rings. The van der Waals surface area contributed by atoms with E-state index in [1.54, 1.807) is 5.38 Å². The molecule has 4 rings (SSSR count). The van der Waals surface area contributed by atoms with Crippen LogP contribution in [0, 0.1) is 0 Å². The van der Waals surface area contributed by atoms with E-state index >= 15 is 0 Å². The Balaban J connectivity index is 1.45. The van der Waals surface area contributed by atoms with Crippen molar-refractivity contribution in [1.82, 2.24) is 10.3 Å². The second kappa shape index (κ2) is 9.19. The number of hydrogen-bond acceptors (Lipinski definition) is 6. The van der Waals surface area contributed by atoms with E-state index in [4.69, 9.17) is 4.74 Å². The Bertz CT molecular complexity index is 1100. The number of carboxylic acid groups (broad SMARTS) is 1. The van der Waals surface area contributed by atoms with Gasteiger partial charge in [-0.2, -0.15) is 0 Å². The first-order valence-electron chi connectivity index (χ1n) is 9.96. The molecule has 8 nitrogen and oxygen atoms in total. The molecule has 0 radical (unpaired) electrons. The smallest absolute Gasteiger partial charge is 0.407 e. The van der Waals surface area contributed by atoms with Crippen LogP contribution >= 0.6 is 11.3 Å². The topological polar surface area (TPSA) is 109 Å². The molecule has 0 saturated heterocycles. The molecule has 32 heavy (non-hydrogen) atoms. The van der Waals surface area contributed by atoms with Crippen molar-refractivity contribution >= 4 is 34.4 Å². The van der Waals surface area contributed by atoms with Gasteiger partial charge in [0.15, 0.2) is 5.13 Å². The van der Waals surface area contributed by atoms with Gasteiger partial charge in [0, 0.05) is 24.5 Å². The van der Waals surface area contributed by atoms with E-state index in [9.17, 15) is 19.5 Å². The number of anilines is 1. The predicted molar refractivity (Wildman–Crippen MR) is 120 cm³/mol. The molecule has 2 aromatic carbocycles. The minimum Gasteiger partial charge on any atom is -0.481 e. The molecule has 1 unspecified atom stereocenters. The van der Waals surface area contributed by atoms with Crippen LogP contribution in [0.15, 0.2) is 60.1 Å². The summed E-state index contributed by atoms with van der Waals surface area (Å²) in [6.07, 6.45) is 0.118. The maximum atomic E-state index is 12.8. The number of nitrogens with zero attached hydrogens (tertiary/aromatic N) is 2. The van der Waals surface area contributed by atoms with Crippen molar-refractivity contribution in [3.05, 3.63) is 71.2 Å². The molecule has 9 heteroatoms. The number of amides is 2. The van der Waals surface area contributed by atoms with Gasteiger partial charge >= 0.3 is 12.1 Å². The summed E-state index contributed by atoms with van der Waals surface area (Å²) >= 11 is 1.23. The van der Waals surface area contributed by atoms with Gasteiger partial charge in [-0.25, -0.2) is 9.78 Å². The number of carbonyl (C=O) groups is 3. The number of aliphatic carboxylic acids is 1. The first-order chi connectivity index (χ1) is 15.5. The number of rotatable bonds is 7. The van der Waals surface area contributed by atoms with E-state index in [0.29, 0.717) is 5.13 Å². The van der Waals surface area contributed by atoms with Gasteiger partial charge in [0.25, 0.3) is 5.91 Å². The predicted octanol–water partition coefficient (Wildman–Crippen LogP) is 3.49. The van der Waals surface area contributed by atoms with Crippen LogP contribution < -0.4 is 10.2 Å². The number of carbonyl (C=O) groups excluding carboxylic acids is 2. The van der Waals surface area contributed by atoms with Crippen LogP contribution in [-0.4, -0.2) is 47.8 Å². The first kappa shape index (κ1) is 21.5. The molecule has 1 aromatic heterocycles. The minimum atomic E-state index is -1.28. The molecule has 164 valence electrons. The number of likely N-dealkylation sites (N-methyl/N-ethyl adjacent to an activating group) is 1. The van der Waals surface area contributed by atoms with E-state index in [1.165, 1.54) is 29.5 Å². The Morgan fingerprint density at radius 3 is 2.31 bits per heavy atom. The highest BCUT2D eigenvalue weighted by atomic mass is 32.1. The zero-order chi connectivity index (χ0) is 22.7. The zero-order valence-electron chi connectivity index (χ0n) is 17.2. The SMILES string of the molecule is CN(C(=O)C(CC(=O)O)NC(=O)OCC1c2ccccc2-c2ccccc21)c1nccs1. The average molecular weight is 452 g/mol. The summed E-state index contributed by atoms with van der Waals surface area (Å²) in [5.41, 5.74) is 4.31. The molecule has 0 fully saturated rings. The lowest BCUT2D eigenvalue weighted by molar-refractivity contribution is -0.139. The minimum absolute atomic E-state index is 0.0656. The molecule has 2 amide bonds. The van der Waals surface area contributed by atoms with Crippen LogP contribution in [0.2, 0.25) is 0 Å². The molecular weight excluding hydrogens is 430 g/mol. The molecule has 0 spiro atoms. The number of ether oxygens (including phenoxy) is 1. The number of alkyl carbamates (subject to hydrolysis) is 1. The summed E-state index contributed by atoms with van der Waals surface area (Å²) in [5.74, 6) is -1.94. The number of aromatic nitrogens is 1. The fourth-order valence-corrected chi connectivity index (χ4v) is 4.48. The highest BCUT2D eigenvalue weighted by Crippen LogP contribution is 2.44. The molecule has 0 saturated carbocycles. The van der Waals surface area contributed by atoms with Gasteiger partial charge in [-0.15, -0.1) is 11.3 Å². The van der Waals surface area contributed by atoms with E-state index < -0.39 is 30.4 Å². The largest absolute Gasteiger partial charge is 0.481 e. The van der Waals surface area contributed by atoms with Gasteiger partial charge in [-0.05, 0) is 22.3 Å². The standard InChI is InChI=1S/C23H21N3O5S/c1-26(22-24-10-11-32-22)21(29)19(12-20(27)28)25-23(30)31-13-18-16-8-4-2-6-14(16)15-7-3-5-9-17(15)18/h2-11,18-19H,12-13H2,1H3,(H,25,30)(H,27,28). The second-order valence-electron chi connectivity index (χ2n) is 7.33. The van der Waals surface area contributed by atoms with Crippen LogP contribution in [-0.2, 0) is 14.3 Å². The maximum Gasteiger partial charge on any atom is 0.407 e. The first-order valence-corrected chi connectivity index (χ1v) is 10.8. The molecule has 1 aliphatic rings. The van der Waals surface area contributed by atoms with Crippen LogP contribution in [0.3, 0.4) is 0 Å². The molecule has 2 N–H and O–H groups in total. The molecule has 0 aliphatic heterocycles. The third-order valence-electron chi connectivity index (χ3n) is 5.35. The fourth-order valence-electron chi connectivity index (χ4n) is 3.87. The number of thiazole rings is 1. The summed E-state index contributed by atoms with van der Waals surface area (Å²) < 4.78 is 5.45. The molecule has 0 bridgehead atoms. The number of benzene rings is 2. The Kier molecular flexibility index (Phi) is 6.18. The monoisotopic (exact) mass is 451 g/mol. The fraction of sp³-hybridized carbons (Fsp3) is 0.217. The normalized spacial score (nSPS) is 13.0. The molecular formula is C23H21N3O5S. The van der Waals surface area contributed by atoms with Crippen molar-refractivity contribution < 1.29 is 24.2 Å². The maximum absolute atomic E-state index is 12.8. The van der Waals surface area contributed by atoms with Gasteiger partial charge in [0.1, 0.15) is 12.6 Å². The van der Waals surface area contributed by atoms with Gasteiger partial charge < -0.3 is 15.2 Å². The third kappa shape index (κ3) is 4.33. The van der Waals surface area contributed by atoms with Gasteiger partial charge in [-0.1, -0.05) is 48.5 Å². The number of carboxylic acids is 1. The van der Waals surface area contributed by atoms with Crippen LogP contribution in [0.1, 0.15) is 23.5 Å². The van der Waals surface area contributed by atoms with E-state index in [2.05, 4.69) is 10.3 Å². The number of hydrogen-bond donors (Lipinski definition) is 2. The summed E-state index contributed by atoms with van der Waals surface area (Å²) in [5, 5.41) is 13.7. The average Bonchev–Trinajstić information content (AvgIpc) is 3.43. The lowest BCUT2D eigenvalue weighted by Crippen LogP contribution is -2.48. The van der Waals surface area contributed by atoms with Crippen molar-refractivity contribution in [3.8, 4) is 11.1 Å². The third-order valence-corrected chi connectivity index (χ3v) is 6.20. The Morgan fingerprint density at radius 1 is 1.12 bits per heavy atom. The van der Waals surface area contributed by atoms with Crippen molar-refractivity contribution in [3.63, 3.8) is 0 Å². The van der Waals surface area contributed by atoms with Gasteiger partial charge in [0.2, 0.25) is 0 Å².